The molecular weight excluding hydrogens is 457 g/mol. The van der Waals surface area contributed by atoms with Crippen LogP contribution in [0.25, 0.3) is 11.1 Å². The first kappa shape index (κ1) is 25.0. The molecule has 1 aliphatic carbocycles. The topological polar surface area (TPSA) is 114 Å². The van der Waals surface area contributed by atoms with Crippen LogP contribution in [0.3, 0.4) is 0 Å². The smallest absolute Gasteiger partial charge is 0.407 e. The average molecular weight is 480 g/mol. The van der Waals surface area contributed by atoms with Gasteiger partial charge in [-0.05, 0) is 22.3 Å². The first-order chi connectivity index (χ1) is 16.1. The molecule has 0 aromatic heterocycles. The number of rotatable bonds is 9. The number of hydrogen-bond donors (Lipinski definition) is 3. The Hall–Kier alpha value is -3.60. The number of fused-ring (bicyclic) bond motifs is 3. The predicted molar refractivity (Wildman–Crippen MR) is 114 cm³/mol. The van der Waals surface area contributed by atoms with Gasteiger partial charge in [-0.15, -0.1) is 0 Å². The van der Waals surface area contributed by atoms with Gasteiger partial charge in [-0.25, -0.2) is 9.59 Å². The van der Waals surface area contributed by atoms with Crippen molar-refractivity contribution in [2.45, 2.75) is 18.1 Å². The number of carboxylic acid groups (broad SMARTS) is 1. The van der Waals surface area contributed by atoms with E-state index in [4.69, 9.17) is 9.84 Å². The Bertz CT molecular complexity index is 1010. The van der Waals surface area contributed by atoms with Crippen LogP contribution in [-0.2, 0) is 19.1 Å². The van der Waals surface area contributed by atoms with Gasteiger partial charge in [-0.3, -0.25) is 4.79 Å². The maximum Gasteiger partial charge on any atom is 0.407 e. The zero-order valence-electron chi connectivity index (χ0n) is 18.1. The molecule has 8 nitrogen and oxygen atoms in total. The van der Waals surface area contributed by atoms with Crippen molar-refractivity contribution >= 4 is 18.0 Å². The number of halogens is 3. The summed E-state index contributed by atoms with van der Waals surface area (Å²) in [6.07, 6.45) is -6.16. The van der Waals surface area contributed by atoms with Crippen LogP contribution in [0.2, 0.25) is 0 Å². The fraction of sp³-hybridized carbons (Fsp3) is 0.348. The number of methoxy groups -OCH3 is 1. The Morgan fingerprint density at radius 3 is 2.09 bits per heavy atom. The second-order valence-corrected chi connectivity index (χ2v) is 7.66. The highest BCUT2D eigenvalue weighted by molar-refractivity contribution is 5.86. The lowest BCUT2D eigenvalue weighted by molar-refractivity contribution is -0.182. The van der Waals surface area contributed by atoms with E-state index >= 15 is 0 Å². The minimum Gasteiger partial charge on any atom is -0.480 e. The van der Waals surface area contributed by atoms with Crippen LogP contribution in [0.1, 0.15) is 17.0 Å². The molecule has 0 fully saturated rings. The van der Waals surface area contributed by atoms with E-state index in [9.17, 15) is 27.6 Å². The van der Waals surface area contributed by atoms with Gasteiger partial charge >= 0.3 is 18.2 Å². The summed E-state index contributed by atoms with van der Waals surface area (Å²) < 4.78 is 49.9. The predicted octanol–water partition coefficient (Wildman–Crippen LogP) is 2.92. The number of aliphatic carboxylic acids is 1. The van der Waals surface area contributed by atoms with E-state index in [2.05, 4.69) is 4.74 Å². The number of carbonyl (C=O) groups is 3. The highest BCUT2D eigenvalue weighted by atomic mass is 19.4. The van der Waals surface area contributed by atoms with E-state index in [1.807, 2.05) is 53.8 Å². The Kier molecular flexibility index (Phi) is 7.77. The van der Waals surface area contributed by atoms with E-state index in [1.54, 1.807) is 5.32 Å². The highest BCUT2D eigenvalue weighted by Gasteiger charge is 2.46. The molecule has 3 rings (SSSR count). The van der Waals surface area contributed by atoms with Crippen LogP contribution in [0, 0.1) is 5.92 Å². The van der Waals surface area contributed by atoms with E-state index < -0.39 is 49.3 Å². The zero-order valence-corrected chi connectivity index (χ0v) is 18.1. The maximum atomic E-state index is 13.4. The van der Waals surface area contributed by atoms with Crippen LogP contribution in [0.4, 0.5) is 18.0 Å². The number of hydrogen-bond acceptors (Lipinski definition) is 5. The summed E-state index contributed by atoms with van der Waals surface area (Å²) in [6, 6.07) is 13.5. The number of ether oxygens (including phenoxy) is 2. The third-order valence-electron chi connectivity index (χ3n) is 5.45. The summed E-state index contributed by atoms with van der Waals surface area (Å²) in [5.74, 6) is -6.12. The summed E-state index contributed by atoms with van der Waals surface area (Å²) >= 11 is 0. The summed E-state index contributed by atoms with van der Waals surface area (Å²) in [6.45, 7) is -1.76. The monoisotopic (exact) mass is 480 g/mol. The molecule has 2 atom stereocenters. The van der Waals surface area contributed by atoms with Gasteiger partial charge in [0, 0.05) is 19.6 Å². The van der Waals surface area contributed by atoms with Gasteiger partial charge in [0.1, 0.15) is 6.61 Å². The molecule has 0 aliphatic heterocycles. The number of carboxylic acids is 1. The number of amides is 2. The molecule has 182 valence electrons. The van der Waals surface area contributed by atoms with Gasteiger partial charge < -0.3 is 25.2 Å². The van der Waals surface area contributed by atoms with Crippen molar-refractivity contribution in [1.82, 2.24) is 10.6 Å². The summed E-state index contributed by atoms with van der Waals surface area (Å²) in [7, 11) is 1.14. The maximum absolute atomic E-state index is 13.4. The fourth-order valence-electron chi connectivity index (χ4n) is 3.81. The van der Waals surface area contributed by atoms with Crippen molar-refractivity contribution in [3.63, 3.8) is 0 Å². The molecule has 11 heteroatoms. The Labute approximate surface area is 193 Å². The second kappa shape index (κ2) is 10.6. The van der Waals surface area contributed by atoms with Crippen molar-refractivity contribution in [3.05, 3.63) is 59.7 Å². The largest absolute Gasteiger partial charge is 0.480 e. The van der Waals surface area contributed by atoms with Crippen LogP contribution in [-0.4, -0.2) is 62.2 Å². The molecule has 0 radical (unpaired) electrons. The average Bonchev–Trinajstić information content (AvgIpc) is 3.10. The highest BCUT2D eigenvalue weighted by Crippen LogP contribution is 2.44. The SMILES string of the molecule is COC[C@H](NC(=O)C(CNC(=O)OCC1c2ccccc2-c2ccccc21)C(F)(F)F)C(=O)O. The molecule has 3 N–H and O–H groups in total. The minimum absolute atomic E-state index is 0.113. The molecule has 0 heterocycles. The van der Waals surface area contributed by atoms with Gasteiger partial charge in [0.05, 0.1) is 6.61 Å². The fourth-order valence-corrected chi connectivity index (χ4v) is 3.81. The van der Waals surface area contributed by atoms with Crippen molar-refractivity contribution < 1.29 is 42.1 Å². The molecule has 34 heavy (non-hydrogen) atoms. The number of alkyl carbamates (subject to hydrolysis) is 1. The molecule has 0 saturated heterocycles. The molecule has 2 amide bonds. The molecule has 2 aromatic rings. The van der Waals surface area contributed by atoms with Crippen LogP contribution in [0.5, 0.6) is 0 Å². The quantitative estimate of drug-likeness (QED) is 0.509. The van der Waals surface area contributed by atoms with E-state index in [0.29, 0.717) is 0 Å². The molecule has 1 aliphatic rings. The number of alkyl halides is 3. The van der Waals surface area contributed by atoms with Gasteiger partial charge in [0.15, 0.2) is 12.0 Å². The van der Waals surface area contributed by atoms with Gasteiger partial charge in [-0.1, -0.05) is 48.5 Å². The van der Waals surface area contributed by atoms with E-state index in [1.165, 1.54) is 0 Å². The Balaban J connectivity index is 1.62. The van der Waals surface area contributed by atoms with Gasteiger partial charge in [-0.2, -0.15) is 13.2 Å². The molecule has 0 saturated carbocycles. The number of benzene rings is 2. The number of nitrogens with one attached hydrogen (secondary N) is 2. The van der Waals surface area contributed by atoms with Crippen molar-refractivity contribution in [1.29, 1.82) is 0 Å². The van der Waals surface area contributed by atoms with Crippen molar-refractivity contribution in [3.8, 4) is 11.1 Å². The molecule has 1 unspecified atom stereocenters. The first-order valence-corrected chi connectivity index (χ1v) is 10.3. The third kappa shape index (κ3) is 5.66. The van der Waals surface area contributed by atoms with E-state index in [0.717, 1.165) is 29.4 Å². The summed E-state index contributed by atoms with van der Waals surface area (Å²) in [5, 5.41) is 12.7. The van der Waals surface area contributed by atoms with Crippen LogP contribution in [0.15, 0.2) is 48.5 Å². The summed E-state index contributed by atoms with van der Waals surface area (Å²) in [5.41, 5.74) is 3.85. The molecule has 0 spiro atoms. The lowest BCUT2D eigenvalue weighted by atomic mass is 9.98. The van der Waals surface area contributed by atoms with Crippen molar-refractivity contribution in [2.75, 3.05) is 26.9 Å². The first-order valence-electron chi connectivity index (χ1n) is 10.3. The molecule has 2 aromatic carbocycles. The molecule has 0 bridgehead atoms. The second-order valence-electron chi connectivity index (χ2n) is 7.66. The van der Waals surface area contributed by atoms with Crippen LogP contribution >= 0.6 is 0 Å². The van der Waals surface area contributed by atoms with Gasteiger partial charge in [0.2, 0.25) is 5.91 Å². The van der Waals surface area contributed by atoms with Crippen LogP contribution < -0.4 is 10.6 Å². The minimum atomic E-state index is -5.03. The summed E-state index contributed by atoms with van der Waals surface area (Å²) in [4.78, 5) is 35.3. The van der Waals surface area contributed by atoms with Gasteiger partial charge in [0.25, 0.3) is 0 Å². The third-order valence-corrected chi connectivity index (χ3v) is 5.45. The standard InChI is InChI=1S/C23H23F3N2O6/c1-33-12-19(21(30)31)28-20(29)18(23(24,25)26)10-27-22(32)34-11-17-15-8-4-2-6-13(15)14-7-3-5-9-16(14)17/h2-9,17-19H,10-12H2,1H3,(H,27,32)(H,28,29)(H,30,31)/t18?,19-/m0/s1. The Morgan fingerprint density at radius 1 is 1.03 bits per heavy atom. The zero-order chi connectivity index (χ0) is 24.9. The lowest BCUT2D eigenvalue weighted by Gasteiger charge is -2.22. The van der Waals surface area contributed by atoms with E-state index in [-0.39, 0.29) is 12.5 Å². The molecular formula is C23H23F3N2O6. The normalized spacial score (nSPS) is 14.5. The van der Waals surface area contributed by atoms with Crippen molar-refractivity contribution in [2.24, 2.45) is 5.92 Å². The Morgan fingerprint density at radius 2 is 1.59 bits per heavy atom. The number of carbonyl (C=O) groups excluding carboxylic acids is 2. The lowest BCUT2D eigenvalue weighted by Crippen LogP contribution is -2.52.